The van der Waals surface area contributed by atoms with Crippen molar-refractivity contribution >= 4 is 87.0 Å². The van der Waals surface area contributed by atoms with Crippen LogP contribution in [0.4, 0.5) is 0 Å². The third-order valence-electron chi connectivity index (χ3n) is 17.3. The highest BCUT2D eigenvalue weighted by Gasteiger charge is 2.22. The van der Waals surface area contributed by atoms with E-state index >= 15 is 0 Å². The molecule has 416 valence electrons. The molecule has 0 spiro atoms. The molecule has 0 N–H and O–H groups in total. The van der Waals surface area contributed by atoms with Gasteiger partial charge in [-0.15, -0.1) is 0 Å². The van der Waals surface area contributed by atoms with Gasteiger partial charge < -0.3 is 8.83 Å². The molecule has 88 heavy (non-hydrogen) atoms. The Morgan fingerprint density at radius 1 is 0.250 bits per heavy atom. The van der Waals surface area contributed by atoms with Gasteiger partial charge in [0.05, 0.1) is 13.7 Å². The molecule has 0 saturated carbocycles. The molecule has 15 aromatic carbocycles. The van der Waals surface area contributed by atoms with Crippen LogP contribution in [0.1, 0.15) is 40.0 Å². The Hall–Kier alpha value is -11.1. The monoisotopic (exact) mass is 1130 g/mol. The lowest BCUT2D eigenvalue weighted by Gasteiger charge is -2.19. The summed E-state index contributed by atoms with van der Waals surface area (Å²) in [6.07, 6.45) is 0. The van der Waals surface area contributed by atoms with Crippen LogP contribution in [0.5, 0.6) is 0 Å². The molecule has 0 radical (unpaired) electrons. The number of hydrogen-bond acceptors (Lipinski definition) is 2. The first-order chi connectivity index (χ1) is 47.4. The number of para-hydroxylation sites is 2. The Bertz CT molecular complexity index is 6010. The van der Waals surface area contributed by atoms with Crippen LogP contribution in [-0.4, -0.2) is 0 Å². The molecule has 2 heteroatoms. The van der Waals surface area contributed by atoms with E-state index in [1.165, 1.54) is 5.56 Å². The molecule has 0 unspecified atom stereocenters. The molecule has 0 bridgehead atoms. The number of furan rings is 2. The van der Waals surface area contributed by atoms with Crippen LogP contribution in [0, 0.1) is 0 Å². The fourth-order valence-corrected chi connectivity index (χ4v) is 13.2. The molecule has 17 aromatic rings. The van der Waals surface area contributed by atoms with Gasteiger partial charge in [0.25, 0.3) is 0 Å². The highest BCUT2D eigenvalue weighted by atomic mass is 16.3. The van der Waals surface area contributed by atoms with Crippen LogP contribution in [0.2, 0.25) is 0 Å². The normalized spacial score (nSPS) is 13.4. The van der Waals surface area contributed by atoms with Crippen LogP contribution in [0.25, 0.3) is 165 Å². The average molecular weight is 1140 g/mol. The van der Waals surface area contributed by atoms with Crippen molar-refractivity contribution in [1.82, 2.24) is 0 Å². The van der Waals surface area contributed by atoms with Gasteiger partial charge in [0, 0.05) is 32.7 Å². The van der Waals surface area contributed by atoms with Crippen molar-refractivity contribution in [2.24, 2.45) is 0 Å². The topological polar surface area (TPSA) is 26.3 Å². The summed E-state index contributed by atoms with van der Waals surface area (Å²) in [5.74, 6) is 0. The van der Waals surface area contributed by atoms with E-state index in [9.17, 15) is 0 Å². The molecular formula is C86H60O2. The first kappa shape index (κ1) is 42.7. The Morgan fingerprint density at radius 2 is 0.591 bits per heavy atom. The van der Waals surface area contributed by atoms with E-state index in [0.29, 0.717) is 11.1 Å². The fourth-order valence-electron chi connectivity index (χ4n) is 13.2. The Labute approximate surface area is 525 Å². The van der Waals surface area contributed by atoms with E-state index in [-0.39, 0.29) is 64.9 Å². The summed E-state index contributed by atoms with van der Waals surface area (Å²) in [5.41, 5.74) is 16.9. The van der Waals surface area contributed by atoms with Crippen molar-refractivity contribution in [3.63, 3.8) is 0 Å². The molecule has 0 aliphatic rings. The van der Waals surface area contributed by atoms with Crippen LogP contribution in [-0.2, 0) is 5.41 Å². The van der Waals surface area contributed by atoms with E-state index in [2.05, 4.69) is 154 Å². The Balaban J connectivity index is 0.000000153. The molecule has 0 aliphatic heterocycles. The van der Waals surface area contributed by atoms with Crippen molar-refractivity contribution < 1.29 is 22.5 Å². The molecule has 0 saturated heterocycles. The van der Waals surface area contributed by atoms with Crippen molar-refractivity contribution in [2.45, 2.75) is 26.2 Å². The highest BCUT2D eigenvalue weighted by molar-refractivity contribution is 6.24. The fraction of sp³-hybridized carbons (Fsp3) is 0.0465. The van der Waals surface area contributed by atoms with Gasteiger partial charge in [-0.3, -0.25) is 0 Å². The van der Waals surface area contributed by atoms with E-state index in [1.54, 1.807) is 0 Å². The summed E-state index contributed by atoms with van der Waals surface area (Å²) in [4.78, 5) is 0. The molecule has 2 heterocycles. The zero-order chi connectivity index (χ0) is 67.6. The molecule has 2 nitrogen and oxygen atoms in total. The molecule has 0 atom stereocenters. The smallest absolute Gasteiger partial charge is 0.143 e. The summed E-state index contributed by atoms with van der Waals surface area (Å²) in [7, 11) is 0. The van der Waals surface area contributed by atoms with Crippen LogP contribution < -0.4 is 0 Å². The van der Waals surface area contributed by atoms with Gasteiger partial charge in [0.2, 0.25) is 0 Å². The van der Waals surface area contributed by atoms with Crippen molar-refractivity contribution in [3.8, 4) is 77.9 Å². The van der Waals surface area contributed by atoms with Gasteiger partial charge in [-0.25, -0.2) is 0 Å². The van der Waals surface area contributed by atoms with Crippen molar-refractivity contribution in [3.05, 3.63) is 315 Å². The molecule has 2 aromatic heterocycles. The van der Waals surface area contributed by atoms with Crippen LogP contribution >= 0.6 is 0 Å². The molecule has 0 aliphatic carbocycles. The van der Waals surface area contributed by atoms with Crippen LogP contribution in [0.3, 0.4) is 0 Å². The largest absolute Gasteiger partial charge is 0.455 e. The Morgan fingerprint density at radius 3 is 1.01 bits per heavy atom. The number of fused-ring (bicyclic) bond motifs is 10. The van der Waals surface area contributed by atoms with Gasteiger partial charge >= 0.3 is 0 Å². The van der Waals surface area contributed by atoms with Gasteiger partial charge in [0.15, 0.2) is 0 Å². The van der Waals surface area contributed by atoms with Gasteiger partial charge in [-0.1, -0.05) is 300 Å². The summed E-state index contributed by atoms with van der Waals surface area (Å²) in [6, 6.07) is 81.5. The van der Waals surface area contributed by atoms with Gasteiger partial charge in [-0.2, -0.15) is 0 Å². The summed E-state index contributed by atoms with van der Waals surface area (Å²) < 4.78 is 98.5. The second kappa shape index (κ2) is 21.5. The van der Waals surface area contributed by atoms with Gasteiger partial charge in [-0.05, 0) is 151 Å². The number of benzene rings is 15. The predicted molar refractivity (Wildman–Crippen MR) is 374 cm³/mol. The number of hydrogen-bond donors (Lipinski definition) is 0. The summed E-state index contributed by atoms with van der Waals surface area (Å²) in [6.45, 7) is 6.67. The highest BCUT2D eigenvalue weighted by Crippen LogP contribution is 2.48. The zero-order valence-electron chi connectivity index (χ0n) is 58.5. The maximum absolute atomic E-state index is 8.84. The van der Waals surface area contributed by atoms with Crippen LogP contribution in [0.15, 0.2) is 318 Å². The second-order valence-corrected chi connectivity index (χ2v) is 23.5. The first-order valence-electron chi connectivity index (χ1n) is 34.6. The summed E-state index contributed by atoms with van der Waals surface area (Å²) >= 11 is 0. The molecule has 17 rings (SSSR count). The predicted octanol–water partition coefficient (Wildman–Crippen LogP) is 24.8. The first-order valence-corrected chi connectivity index (χ1v) is 29.6. The summed E-state index contributed by atoms with van der Waals surface area (Å²) in [5, 5.41) is 11.1. The third-order valence-corrected chi connectivity index (χ3v) is 17.3. The standard InChI is InChI=1S/C44H28O.C42H32O/c1-3-13-29(14-4-1)31-17-11-18-32(27-31)34-23-12-24-39-40-28-33(25-26-41(40)45-44(34)39)43-37-21-9-7-19-35(37)42(30-15-5-2-6-16-30)36-20-8-10-22-38(36)43;1-42(2,3)30-16-11-15-28(25-30)31-21-12-22-36-37-26-29(23-24-38(37)43-41(31)36)40-34-19-9-7-17-32(34)39(27-13-5-4-6-14-27)33-18-8-10-20-35(33)40/h1-28H;4-26H,1-3H3/i2D,5D,6D,15D,16D;4D,5D,6D,13D,14D. The Kier molecular flexibility index (Phi) is 10.4. The quantitative estimate of drug-likeness (QED) is 0.149. The minimum Gasteiger partial charge on any atom is -0.455 e. The van der Waals surface area contributed by atoms with Gasteiger partial charge in [0.1, 0.15) is 22.3 Å². The van der Waals surface area contributed by atoms with Crippen molar-refractivity contribution in [1.29, 1.82) is 0 Å². The lowest BCUT2D eigenvalue weighted by molar-refractivity contribution is 0.590. The minimum atomic E-state index is -0.401. The lowest BCUT2D eigenvalue weighted by atomic mass is 9.85. The minimum absolute atomic E-state index is 0.0241. The lowest BCUT2D eigenvalue weighted by Crippen LogP contribution is -2.10. The zero-order valence-corrected chi connectivity index (χ0v) is 48.5. The maximum atomic E-state index is 8.84. The van der Waals surface area contributed by atoms with Crippen molar-refractivity contribution in [2.75, 3.05) is 0 Å². The van der Waals surface area contributed by atoms with E-state index < -0.39 is 12.1 Å². The molecular weight excluding hydrogens is 1060 g/mol. The molecule has 0 fully saturated rings. The number of rotatable bonds is 7. The van der Waals surface area contributed by atoms with E-state index in [4.69, 9.17) is 22.5 Å². The van der Waals surface area contributed by atoms with E-state index in [0.717, 1.165) is 143 Å². The maximum Gasteiger partial charge on any atom is 0.143 e. The third kappa shape index (κ3) is 9.04. The SMILES string of the molecule is [2H]c1c([2H])c([2H])c(-c2c3ccccc3c(-c3ccc4oc5c(-c6cccc(-c7ccccc7)c6)cccc5c4c3)c3ccccc23)c([2H])c1[2H].[2H]c1c([2H])c([2H])c(-c2c3ccccc3c(-c3ccc4oc5c(-c6cccc(C(C)(C)C)c6)cccc5c4c3)c3ccccc23)c([2H])c1[2H]. The second-order valence-electron chi connectivity index (χ2n) is 23.5. The molecule has 0 amide bonds. The van der Waals surface area contributed by atoms with E-state index in [1.807, 2.05) is 115 Å². The average Bonchev–Trinajstić information content (AvgIpc) is 1.51.